The first-order valence-corrected chi connectivity index (χ1v) is 6.41. The molecule has 1 saturated carbocycles. The largest absolute Gasteiger partial charge is 0.372 e. The van der Waals surface area contributed by atoms with Gasteiger partial charge >= 0.3 is 0 Å². The Hall–Kier alpha value is -2.11. The van der Waals surface area contributed by atoms with Crippen LogP contribution in [0.1, 0.15) is 23.2 Å². The van der Waals surface area contributed by atoms with E-state index in [0.717, 1.165) is 12.8 Å². The van der Waals surface area contributed by atoms with E-state index in [2.05, 4.69) is 20.9 Å². The van der Waals surface area contributed by atoms with Gasteiger partial charge in [0.2, 0.25) is 5.91 Å². The molecule has 0 spiro atoms. The molecule has 1 aliphatic carbocycles. The number of aromatic nitrogens is 1. The molecule has 0 aromatic carbocycles. The predicted molar refractivity (Wildman–Crippen MR) is 71.9 cm³/mol. The quantitative estimate of drug-likeness (QED) is 0.647. The molecule has 102 valence electrons. The first-order chi connectivity index (χ1) is 9.22. The molecule has 1 heterocycles. The number of nitrogens with one attached hydrogen (secondary N) is 3. The molecule has 0 atom stereocenters. The van der Waals surface area contributed by atoms with E-state index in [1.54, 1.807) is 25.4 Å². The Labute approximate surface area is 112 Å². The smallest absolute Gasteiger partial charge is 0.255 e. The van der Waals surface area contributed by atoms with E-state index in [9.17, 15) is 9.59 Å². The Morgan fingerprint density at radius 1 is 1.32 bits per heavy atom. The first-order valence-electron chi connectivity index (χ1n) is 6.41. The van der Waals surface area contributed by atoms with Crippen molar-refractivity contribution in [3.63, 3.8) is 0 Å². The van der Waals surface area contributed by atoms with Crippen LogP contribution in [-0.4, -0.2) is 36.9 Å². The van der Waals surface area contributed by atoms with Crippen LogP contribution in [0.25, 0.3) is 0 Å². The van der Waals surface area contributed by atoms with Gasteiger partial charge in [0.1, 0.15) is 5.82 Å². The standard InChI is InChI=1S/C13H18N4O2/c1-14-11-10(3-2-6-15-11)13(19)17-8-7-16-12(18)9-4-5-9/h2-3,6,9H,4-5,7-8H2,1H3,(H,14,15)(H,16,18)(H,17,19). The molecule has 0 unspecified atom stereocenters. The predicted octanol–water partition coefficient (Wildman–Crippen LogP) is 0.379. The van der Waals surface area contributed by atoms with Gasteiger partial charge in [-0.1, -0.05) is 0 Å². The molecular formula is C13H18N4O2. The van der Waals surface area contributed by atoms with E-state index in [-0.39, 0.29) is 17.7 Å². The zero-order valence-corrected chi connectivity index (χ0v) is 10.9. The van der Waals surface area contributed by atoms with Crippen molar-refractivity contribution in [3.8, 4) is 0 Å². The van der Waals surface area contributed by atoms with E-state index >= 15 is 0 Å². The Bertz CT molecular complexity index is 471. The highest BCUT2D eigenvalue weighted by molar-refractivity contribution is 5.98. The first kappa shape index (κ1) is 13.3. The minimum Gasteiger partial charge on any atom is -0.372 e. The second-order valence-corrected chi connectivity index (χ2v) is 4.47. The number of amides is 2. The van der Waals surface area contributed by atoms with Gasteiger partial charge in [0.25, 0.3) is 5.91 Å². The van der Waals surface area contributed by atoms with E-state index in [1.165, 1.54) is 0 Å². The van der Waals surface area contributed by atoms with E-state index in [4.69, 9.17) is 0 Å². The zero-order valence-electron chi connectivity index (χ0n) is 10.9. The van der Waals surface area contributed by atoms with Gasteiger partial charge in [-0.25, -0.2) is 4.98 Å². The number of rotatable bonds is 6. The minimum atomic E-state index is -0.196. The van der Waals surface area contributed by atoms with Gasteiger partial charge in [-0.3, -0.25) is 9.59 Å². The summed E-state index contributed by atoms with van der Waals surface area (Å²) in [5.41, 5.74) is 0.499. The second-order valence-electron chi connectivity index (χ2n) is 4.47. The van der Waals surface area contributed by atoms with Crippen LogP contribution in [0.2, 0.25) is 0 Å². The summed E-state index contributed by atoms with van der Waals surface area (Å²) in [5, 5.41) is 8.42. The fourth-order valence-electron chi connectivity index (χ4n) is 1.73. The minimum absolute atomic E-state index is 0.0894. The normalized spacial score (nSPS) is 13.7. The van der Waals surface area contributed by atoms with Crippen molar-refractivity contribution in [2.75, 3.05) is 25.5 Å². The molecule has 6 heteroatoms. The third-order valence-corrected chi connectivity index (χ3v) is 2.95. The van der Waals surface area contributed by atoms with Gasteiger partial charge < -0.3 is 16.0 Å². The third-order valence-electron chi connectivity index (χ3n) is 2.95. The zero-order chi connectivity index (χ0) is 13.7. The molecular weight excluding hydrogens is 244 g/mol. The van der Waals surface area contributed by atoms with Gasteiger partial charge in [-0.05, 0) is 25.0 Å². The summed E-state index contributed by atoms with van der Waals surface area (Å²) in [6.07, 6.45) is 3.59. The number of carbonyl (C=O) groups excluding carboxylic acids is 2. The molecule has 0 aliphatic heterocycles. The summed E-state index contributed by atoms with van der Waals surface area (Å²) < 4.78 is 0. The van der Waals surface area contributed by atoms with Crippen molar-refractivity contribution in [2.45, 2.75) is 12.8 Å². The molecule has 6 nitrogen and oxygen atoms in total. The van der Waals surface area contributed by atoms with Crippen molar-refractivity contribution in [2.24, 2.45) is 5.92 Å². The number of hydrogen-bond acceptors (Lipinski definition) is 4. The fourth-order valence-corrected chi connectivity index (χ4v) is 1.73. The van der Waals surface area contributed by atoms with Crippen LogP contribution in [0.15, 0.2) is 18.3 Å². The molecule has 1 aromatic rings. The molecule has 0 radical (unpaired) electrons. The lowest BCUT2D eigenvalue weighted by Gasteiger charge is -2.09. The average Bonchev–Trinajstić information content (AvgIpc) is 3.27. The van der Waals surface area contributed by atoms with Crippen LogP contribution in [0.3, 0.4) is 0 Å². The summed E-state index contributed by atoms with van der Waals surface area (Å²) in [6, 6.07) is 3.42. The molecule has 19 heavy (non-hydrogen) atoms. The number of hydrogen-bond donors (Lipinski definition) is 3. The maximum Gasteiger partial charge on any atom is 0.255 e. The van der Waals surface area contributed by atoms with Gasteiger partial charge in [-0.2, -0.15) is 0 Å². The van der Waals surface area contributed by atoms with Crippen LogP contribution in [0, 0.1) is 5.92 Å². The molecule has 0 bridgehead atoms. The number of carbonyl (C=O) groups is 2. The van der Waals surface area contributed by atoms with E-state index < -0.39 is 0 Å². The third kappa shape index (κ3) is 3.67. The van der Waals surface area contributed by atoms with Crippen LogP contribution in [-0.2, 0) is 4.79 Å². The number of nitrogens with zero attached hydrogens (tertiary/aromatic N) is 1. The lowest BCUT2D eigenvalue weighted by Crippen LogP contribution is -2.35. The Morgan fingerprint density at radius 3 is 2.74 bits per heavy atom. The summed E-state index contributed by atoms with van der Waals surface area (Å²) in [7, 11) is 1.72. The summed E-state index contributed by atoms with van der Waals surface area (Å²) in [5.74, 6) is 0.636. The highest BCUT2D eigenvalue weighted by atomic mass is 16.2. The summed E-state index contributed by atoms with van der Waals surface area (Å²) in [4.78, 5) is 27.4. The van der Waals surface area contributed by atoms with Gasteiger partial charge in [0.15, 0.2) is 0 Å². The number of pyridine rings is 1. The van der Waals surface area contributed by atoms with Gasteiger partial charge in [0.05, 0.1) is 5.56 Å². The highest BCUT2D eigenvalue weighted by Crippen LogP contribution is 2.28. The molecule has 0 saturated heterocycles. The SMILES string of the molecule is CNc1ncccc1C(=O)NCCNC(=O)C1CC1. The lowest BCUT2D eigenvalue weighted by molar-refractivity contribution is -0.122. The van der Waals surface area contributed by atoms with Crippen LogP contribution >= 0.6 is 0 Å². The topological polar surface area (TPSA) is 83.1 Å². The van der Waals surface area contributed by atoms with Crippen molar-refractivity contribution >= 4 is 17.6 Å². The molecule has 1 aromatic heterocycles. The lowest BCUT2D eigenvalue weighted by atomic mass is 10.2. The van der Waals surface area contributed by atoms with Crippen LogP contribution in [0.5, 0.6) is 0 Å². The molecule has 3 N–H and O–H groups in total. The Kier molecular flexibility index (Phi) is 4.33. The number of anilines is 1. The monoisotopic (exact) mass is 262 g/mol. The van der Waals surface area contributed by atoms with Crippen molar-refractivity contribution in [1.29, 1.82) is 0 Å². The van der Waals surface area contributed by atoms with Gasteiger partial charge in [0, 0.05) is 32.3 Å². The Balaban J connectivity index is 1.75. The van der Waals surface area contributed by atoms with Crippen LogP contribution in [0.4, 0.5) is 5.82 Å². The maximum absolute atomic E-state index is 11.9. The Morgan fingerprint density at radius 2 is 2.05 bits per heavy atom. The molecule has 2 amide bonds. The molecule has 1 fully saturated rings. The van der Waals surface area contributed by atoms with Crippen LogP contribution < -0.4 is 16.0 Å². The van der Waals surface area contributed by atoms with Crippen molar-refractivity contribution < 1.29 is 9.59 Å². The fraction of sp³-hybridized carbons (Fsp3) is 0.462. The second kappa shape index (κ2) is 6.17. The summed E-state index contributed by atoms with van der Waals surface area (Å²) >= 11 is 0. The van der Waals surface area contributed by atoms with E-state index in [1.807, 2.05) is 0 Å². The molecule has 1 aliphatic rings. The van der Waals surface area contributed by atoms with Crippen molar-refractivity contribution in [3.05, 3.63) is 23.9 Å². The van der Waals surface area contributed by atoms with Crippen molar-refractivity contribution in [1.82, 2.24) is 15.6 Å². The summed E-state index contributed by atoms with van der Waals surface area (Å²) in [6.45, 7) is 0.867. The average molecular weight is 262 g/mol. The maximum atomic E-state index is 11.9. The van der Waals surface area contributed by atoms with Gasteiger partial charge in [-0.15, -0.1) is 0 Å². The molecule has 2 rings (SSSR count). The van der Waals surface area contributed by atoms with E-state index in [0.29, 0.717) is 24.5 Å². The highest BCUT2D eigenvalue weighted by Gasteiger charge is 2.28.